The number of hydrogen-bond donors (Lipinski definition) is 1. The molecule has 0 unspecified atom stereocenters. The van der Waals surface area contributed by atoms with Crippen molar-refractivity contribution in [3.05, 3.63) is 29.6 Å². The van der Waals surface area contributed by atoms with Gasteiger partial charge in [0.1, 0.15) is 11.6 Å². The van der Waals surface area contributed by atoms with Crippen molar-refractivity contribution in [2.75, 3.05) is 13.2 Å². The maximum absolute atomic E-state index is 13.6. The molecule has 0 atom stereocenters. The molecule has 1 N–H and O–H groups in total. The van der Waals surface area contributed by atoms with Crippen LogP contribution in [0.4, 0.5) is 4.39 Å². The van der Waals surface area contributed by atoms with E-state index in [1.54, 1.807) is 6.07 Å². The zero-order valence-electron chi connectivity index (χ0n) is 13.2. The van der Waals surface area contributed by atoms with Crippen LogP contribution in [-0.2, 0) is 6.54 Å². The Bertz CT molecular complexity index is 389. The first kappa shape index (κ1) is 17.0. The van der Waals surface area contributed by atoms with Gasteiger partial charge >= 0.3 is 0 Å². The molecule has 0 aliphatic rings. The summed E-state index contributed by atoms with van der Waals surface area (Å²) in [7, 11) is 0. The molecular formula is C17H28FNO. The smallest absolute Gasteiger partial charge is 0.127 e. The summed E-state index contributed by atoms with van der Waals surface area (Å²) in [5.74, 6) is 1.54. The number of hydrogen-bond acceptors (Lipinski definition) is 2. The van der Waals surface area contributed by atoms with Gasteiger partial charge in [-0.05, 0) is 36.1 Å². The van der Waals surface area contributed by atoms with E-state index in [9.17, 15) is 4.39 Å². The summed E-state index contributed by atoms with van der Waals surface area (Å²) in [4.78, 5) is 0. The van der Waals surface area contributed by atoms with Crippen molar-refractivity contribution < 1.29 is 9.13 Å². The van der Waals surface area contributed by atoms with Crippen molar-refractivity contribution in [3.8, 4) is 5.75 Å². The van der Waals surface area contributed by atoms with Gasteiger partial charge in [-0.3, -0.25) is 0 Å². The molecule has 0 fully saturated rings. The summed E-state index contributed by atoms with van der Waals surface area (Å²) >= 11 is 0. The summed E-state index contributed by atoms with van der Waals surface area (Å²) in [6.45, 7) is 10.9. The summed E-state index contributed by atoms with van der Waals surface area (Å²) in [6.07, 6.45) is 2.18. The largest absolute Gasteiger partial charge is 0.493 e. The van der Waals surface area contributed by atoms with Gasteiger partial charge in [0.05, 0.1) is 6.61 Å². The quantitative estimate of drug-likeness (QED) is 0.725. The van der Waals surface area contributed by atoms with E-state index in [-0.39, 0.29) is 5.82 Å². The Hall–Kier alpha value is -1.09. The molecular weight excluding hydrogens is 253 g/mol. The zero-order chi connectivity index (χ0) is 15.0. The van der Waals surface area contributed by atoms with Crippen molar-refractivity contribution in [1.29, 1.82) is 0 Å². The van der Waals surface area contributed by atoms with Crippen LogP contribution in [0.25, 0.3) is 0 Å². The van der Waals surface area contributed by atoms with E-state index in [0.29, 0.717) is 30.7 Å². The topological polar surface area (TPSA) is 21.3 Å². The molecule has 0 amide bonds. The van der Waals surface area contributed by atoms with E-state index >= 15 is 0 Å². The van der Waals surface area contributed by atoms with Crippen LogP contribution in [0.15, 0.2) is 18.2 Å². The minimum absolute atomic E-state index is 0.228. The summed E-state index contributed by atoms with van der Waals surface area (Å²) in [5, 5.41) is 3.32. The first-order valence-corrected chi connectivity index (χ1v) is 7.68. The van der Waals surface area contributed by atoms with Crippen LogP contribution in [-0.4, -0.2) is 13.2 Å². The molecule has 1 aromatic rings. The lowest BCUT2D eigenvalue weighted by atomic mass is 10.1. The lowest BCUT2D eigenvalue weighted by Gasteiger charge is -2.15. The average Bonchev–Trinajstić information content (AvgIpc) is 2.39. The van der Waals surface area contributed by atoms with Crippen molar-refractivity contribution in [2.24, 2.45) is 11.8 Å². The Morgan fingerprint density at radius 1 is 1.15 bits per heavy atom. The maximum atomic E-state index is 13.6. The molecule has 0 spiro atoms. The summed E-state index contributed by atoms with van der Waals surface area (Å²) in [6, 6.07) is 4.96. The lowest BCUT2D eigenvalue weighted by Crippen LogP contribution is -2.19. The Labute approximate surface area is 122 Å². The molecule has 0 heterocycles. The lowest BCUT2D eigenvalue weighted by molar-refractivity contribution is 0.239. The van der Waals surface area contributed by atoms with Gasteiger partial charge in [-0.15, -0.1) is 0 Å². The third-order valence-corrected chi connectivity index (χ3v) is 3.45. The molecule has 1 aromatic carbocycles. The molecule has 0 aliphatic heterocycles. The molecule has 0 saturated carbocycles. The Balaban J connectivity index is 2.56. The van der Waals surface area contributed by atoms with Gasteiger partial charge in [0.25, 0.3) is 0 Å². The molecule has 20 heavy (non-hydrogen) atoms. The van der Waals surface area contributed by atoms with Crippen LogP contribution < -0.4 is 10.1 Å². The van der Waals surface area contributed by atoms with Crippen LogP contribution in [0.5, 0.6) is 5.75 Å². The van der Waals surface area contributed by atoms with Gasteiger partial charge in [-0.25, -0.2) is 4.39 Å². The fraction of sp³-hybridized carbons (Fsp3) is 0.647. The second-order valence-corrected chi connectivity index (χ2v) is 5.81. The van der Waals surface area contributed by atoms with Gasteiger partial charge in [-0.1, -0.05) is 40.5 Å². The number of nitrogens with one attached hydrogen (secondary N) is 1. The number of ether oxygens (including phenoxy) is 1. The summed E-state index contributed by atoms with van der Waals surface area (Å²) in [5.41, 5.74) is 0.935. The van der Waals surface area contributed by atoms with E-state index in [1.807, 2.05) is 6.07 Å². The first-order valence-electron chi connectivity index (χ1n) is 7.68. The molecule has 0 radical (unpaired) electrons. The van der Waals surface area contributed by atoms with Crippen LogP contribution >= 0.6 is 0 Å². The molecule has 2 nitrogen and oxygen atoms in total. The highest BCUT2D eigenvalue weighted by atomic mass is 19.1. The molecule has 0 saturated heterocycles. The van der Waals surface area contributed by atoms with Crippen molar-refractivity contribution in [3.63, 3.8) is 0 Å². The Morgan fingerprint density at radius 3 is 2.45 bits per heavy atom. The van der Waals surface area contributed by atoms with E-state index in [4.69, 9.17) is 4.74 Å². The highest BCUT2D eigenvalue weighted by Crippen LogP contribution is 2.18. The third kappa shape index (κ3) is 6.38. The third-order valence-electron chi connectivity index (χ3n) is 3.45. The van der Waals surface area contributed by atoms with Crippen molar-refractivity contribution in [2.45, 2.75) is 47.1 Å². The van der Waals surface area contributed by atoms with Crippen molar-refractivity contribution >= 4 is 0 Å². The molecule has 3 heteroatoms. The van der Waals surface area contributed by atoms with Gasteiger partial charge < -0.3 is 10.1 Å². The molecule has 114 valence electrons. The van der Waals surface area contributed by atoms with Gasteiger partial charge in [0.2, 0.25) is 0 Å². The second-order valence-electron chi connectivity index (χ2n) is 5.81. The zero-order valence-corrected chi connectivity index (χ0v) is 13.2. The normalized spacial score (nSPS) is 11.3. The molecule has 1 rings (SSSR count). The van der Waals surface area contributed by atoms with E-state index < -0.39 is 0 Å². The second kappa shape index (κ2) is 8.96. The first-order chi connectivity index (χ1) is 9.55. The van der Waals surface area contributed by atoms with Crippen LogP contribution in [0.1, 0.15) is 46.1 Å². The van der Waals surface area contributed by atoms with Crippen LogP contribution in [0, 0.1) is 17.7 Å². The number of rotatable bonds is 9. The van der Waals surface area contributed by atoms with E-state index in [0.717, 1.165) is 24.9 Å². The minimum Gasteiger partial charge on any atom is -0.493 e. The maximum Gasteiger partial charge on any atom is 0.127 e. The highest BCUT2D eigenvalue weighted by molar-refractivity contribution is 5.29. The fourth-order valence-electron chi connectivity index (χ4n) is 2.05. The fourth-order valence-corrected chi connectivity index (χ4v) is 2.05. The van der Waals surface area contributed by atoms with Crippen LogP contribution in [0.3, 0.4) is 0 Å². The predicted octanol–water partition coefficient (Wildman–Crippen LogP) is 4.39. The minimum atomic E-state index is -0.228. The van der Waals surface area contributed by atoms with Crippen LogP contribution in [0.2, 0.25) is 0 Å². The van der Waals surface area contributed by atoms with Gasteiger partial charge in [-0.2, -0.15) is 0 Å². The Morgan fingerprint density at radius 2 is 1.85 bits per heavy atom. The highest BCUT2D eigenvalue weighted by Gasteiger charge is 2.07. The van der Waals surface area contributed by atoms with Gasteiger partial charge in [0, 0.05) is 12.6 Å². The van der Waals surface area contributed by atoms with Gasteiger partial charge in [0.15, 0.2) is 0 Å². The molecule has 0 bridgehead atoms. The SMILES string of the molecule is CCC(CC)COc1cc(F)cc(CNCC(C)C)c1. The predicted molar refractivity (Wildman–Crippen MR) is 82.5 cm³/mol. The number of benzene rings is 1. The molecule has 0 aromatic heterocycles. The van der Waals surface area contributed by atoms with Crippen molar-refractivity contribution in [1.82, 2.24) is 5.32 Å². The standard InChI is InChI=1S/C17H28FNO/c1-5-14(6-2)12-20-17-8-15(7-16(18)9-17)11-19-10-13(3)4/h7-9,13-14,19H,5-6,10-12H2,1-4H3. The van der Waals surface area contributed by atoms with E-state index in [1.165, 1.54) is 6.07 Å². The monoisotopic (exact) mass is 281 g/mol. The number of halogens is 1. The molecule has 0 aliphatic carbocycles. The van der Waals surface area contributed by atoms with E-state index in [2.05, 4.69) is 33.0 Å². The average molecular weight is 281 g/mol. The summed E-state index contributed by atoms with van der Waals surface area (Å²) < 4.78 is 19.3. The Kier molecular flexibility index (Phi) is 7.60.